The Morgan fingerprint density at radius 3 is 2.57 bits per heavy atom. The number of aryl methyl sites for hydroxylation is 2. The largest absolute Gasteiger partial charge is 0.367 e. The summed E-state index contributed by atoms with van der Waals surface area (Å²) in [6.07, 6.45) is 0. The highest BCUT2D eigenvalue weighted by Gasteiger charge is 2.20. The Labute approximate surface area is 144 Å². The van der Waals surface area contributed by atoms with Gasteiger partial charge in [-0.25, -0.2) is 0 Å². The van der Waals surface area contributed by atoms with Gasteiger partial charge in [0.1, 0.15) is 0 Å². The zero-order valence-corrected chi connectivity index (χ0v) is 15.2. The van der Waals surface area contributed by atoms with E-state index in [0.717, 1.165) is 58.0 Å². The summed E-state index contributed by atoms with van der Waals surface area (Å²) in [6, 6.07) is 4.19. The number of nitrogens with zero attached hydrogens (tertiary/aromatic N) is 2. The highest BCUT2D eigenvalue weighted by atomic mass is 79.9. The van der Waals surface area contributed by atoms with Crippen molar-refractivity contribution in [1.29, 1.82) is 0 Å². The molecule has 2 heterocycles. The highest BCUT2D eigenvalue weighted by Crippen LogP contribution is 2.38. The maximum Gasteiger partial charge on any atom is 0.0858 e. The van der Waals surface area contributed by atoms with Crippen molar-refractivity contribution in [3.05, 3.63) is 32.9 Å². The molecule has 21 heavy (non-hydrogen) atoms. The van der Waals surface area contributed by atoms with E-state index in [1.165, 1.54) is 5.56 Å². The van der Waals surface area contributed by atoms with Gasteiger partial charge >= 0.3 is 0 Å². The van der Waals surface area contributed by atoms with E-state index in [2.05, 4.69) is 50.2 Å². The number of piperazine rings is 1. The minimum Gasteiger partial charge on any atom is -0.367 e. The van der Waals surface area contributed by atoms with Gasteiger partial charge in [0.2, 0.25) is 0 Å². The summed E-state index contributed by atoms with van der Waals surface area (Å²) >= 11 is 10.1. The molecule has 1 aliphatic heterocycles. The average Bonchev–Trinajstić information content (AvgIpc) is 2.46. The standard InChI is InChI=1S/C15H17BrClN3.ClH/c1-9-12(16)4-3-11-14(9)19-10(2)13(17)15(11)20-7-5-18-6-8-20;/h3-4,18H,5-8H2,1-2H3;1H. The van der Waals surface area contributed by atoms with Crippen LogP contribution in [-0.2, 0) is 0 Å². The lowest BCUT2D eigenvalue weighted by Gasteiger charge is -2.31. The zero-order chi connectivity index (χ0) is 14.3. The molecule has 1 fully saturated rings. The van der Waals surface area contributed by atoms with Crippen molar-refractivity contribution >= 4 is 56.5 Å². The number of fused-ring (bicyclic) bond motifs is 1. The molecule has 0 amide bonds. The summed E-state index contributed by atoms with van der Waals surface area (Å²) < 4.78 is 1.09. The van der Waals surface area contributed by atoms with Crippen LogP contribution in [0.5, 0.6) is 0 Å². The van der Waals surface area contributed by atoms with Gasteiger partial charge < -0.3 is 10.2 Å². The number of anilines is 1. The molecule has 0 saturated carbocycles. The van der Waals surface area contributed by atoms with Crippen molar-refractivity contribution < 1.29 is 0 Å². The van der Waals surface area contributed by atoms with E-state index in [0.29, 0.717) is 0 Å². The third-order valence-corrected chi connectivity index (χ3v) is 5.17. The average molecular weight is 391 g/mol. The molecule has 0 aliphatic carbocycles. The minimum atomic E-state index is 0. The number of rotatable bonds is 1. The summed E-state index contributed by atoms with van der Waals surface area (Å²) in [6.45, 7) is 8.02. The van der Waals surface area contributed by atoms with Crippen LogP contribution in [0.3, 0.4) is 0 Å². The summed E-state index contributed by atoms with van der Waals surface area (Å²) in [5.74, 6) is 0. The van der Waals surface area contributed by atoms with Crippen molar-refractivity contribution in [1.82, 2.24) is 10.3 Å². The Morgan fingerprint density at radius 2 is 1.90 bits per heavy atom. The molecule has 6 heteroatoms. The number of hydrogen-bond acceptors (Lipinski definition) is 3. The van der Waals surface area contributed by atoms with Gasteiger partial charge in [-0.2, -0.15) is 0 Å². The molecule has 0 bridgehead atoms. The van der Waals surface area contributed by atoms with Gasteiger partial charge in [-0.3, -0.25) is 4.98 Å². The van der Waals surface area contributed by atoms with E-state index in [-0.39, 0.29) is 12.4 Å². The molecule has 3 nitrogen and oxygen atoms in total. The topological polar surface area (TPSA) is 28.2 Å². The molecule has 1 aliphatic rings. The predicted octanol–water partition coefficient (Wildman–Crippen LogP) is 4.10. The van der Waals surface area contributed by atoms with Crippen molar-refractivity contribution in [2.75, 3.05) is 31.1 Å². The normalized spacial score (nSPS) is 15.1. The van der Waals surface area contributed by atoms with E-state index < -0.39 is 0 Å². The van der Waals surface area contributed by atoms with Crippen molar-refractivity contribution in [3.8, 4) is 0 Å². The van der Waals surface area contributed by atoms with Gasteiger partial charge in [-0.1, -0.05) is 27.5 Å². The van der Waals surface area contributed by atoms with E-state index in [1.807, 2.05) is 6.92 Å². The highest BCUT2D eigenvalue weighted by molar-refractivity contribution is 9.10. The van der Waals surface area contributed by atoms with E-state index in [4.69, 9.17) is 11.6 Å². The van der Waals surface area contributed by atoms with Crippen LogP contribution in [0.2, 0.25) is 5.02 Å². The summed E-state index contributed by atoms with van der Waals surface area (Å²) in [5, 5.41) is 5.30. The first-order chi connectivity index (χ1) is 9.59. The van der Waals surface area contributed by atoms with Crippen LogP contribution in [-0.4, -0.2) is 31.2 Å². The molecule has 1 saturated heterocycles. The molecule has 0 spiro atoms. The number of pyridine rings is 1. The van der Waals surface area contributed by atoms with Gasteiger partial charge in [0.25, 0.3) is 0 Å². The van der Waals surface area contributed by atoms with Gasteiger partial charge in [-0.15, -0.1) is 12.4 Å². The first kappa shape index (κ1) is 16.8. The van der Waals surface area contributed by atoms with Crippen LogP contribution in [0.25, 0.3) is 10.9 Å². The maximum atomic E-state index is 6.56. The SMILES string of the molecule is Cc1nc2c(C)c(Br)ccc2c(N2CCNCC2)c1Cl.Cl. The van der Waals surface area contributed by atoms with E-state index >= 15 is 0 Å². The molecule has 0 unspecified atom stereocenters. The molecule has 0 atom stereocenters. The summed E-state index contributed by atoms with van der Waals surface area (Å²) in [5.41, 5.74) is 4.23. The lowest BCUT2D eigenvalue weighted by atomic mass is 10.1. The molecule has 1 N–H and O–H groups in total. The minimum absolute atomic E-state index is 0. The van der Waals surface area contributed by atoms with E-state index in [9.17, 15) is 0 Å². The Hall–Kier alpha value is -0.550. The molecule has 1 aromatic heterocycles. The van der Waals surface area contributed by atoms with Crippen LogP contribution in [0.1, 0.15) is 11.3 Å². The molecule has 1 aromatic carbocycles. The third-order valence-electron chi connectivity index (χ3n) is 3.86. The second-order valence-corrected chi connectivity index (χ2v) is 6.40. The Morgan fingerprint density at radius 1 is 1.24 bits per heavy atom. The van der Waals surface area contributed by atoms with Crippen LogP contribution in [0.15, 0.2) is 16.6 Å². The predicted molar refractivity (Wildman–Crippen MR) is 96.3 cm³/mol. The quantitative estimate of drug-likeness (QED) is 0.794. The van der Waals surface area contributed by atoms with Crippen molar-refractivity contribution in [3.63, 3.8) is 0 Å². The van der Waals surface area contributed by atoms with Crippen molar-refractivity contribution in [2.45, 2.75) is 13.8 Å². The lowest BCUT2D eigenvalue weighted by Crippen LogP contribution is -2.43. The first-order valence-corrected chi connectivity index (χ1v) is 7.97. The number of halogens is 3. The summed E-state index contributed by atoms with van der Waals surface area (Å²) in [7, 11) is 0. The maximum absolute atomic E-state index is 6.56. The second-order valence-electron chi connectivity index (χ2n) is 5.17. The Kier molecular flexibility index (Phi) is 5.36. The van der Waals surface area contributed by atoms with Crippen molar-refractivity contribution in [2.24, 2.45) is 0 Å². The first-order valence-electron chi connectivity index (χ1n) is 6.80. The van der Waals surface area contributed by atoms with Gasteiger partial charge in [0.05, 0.1) is 21.9 Å². The lowest BCUT2D eigenvalue weighted by molar-refractivity contribution is 0.590. The second kappa shape index (κ2) is 6.69. The van der Waals surface area contributed by atoms with Crippen LogP contribution in [0.4, 0.5) is 5.69 Å². The molecular formula is C15H18BrCl2N3. The van der Waals surface area contributed by atoms with Crippen LogP contribution in [0, 0.1) is 13.8 Å². The number of hydrogen-bond donors (Lipinski definition) is 1. The van der Waals surface area contributed by atoms with Crippen LogP contribution >= 0.6 is 39.9 Å². The van der Waals surface area contributed by atoms with Crippen LogP contribution < -0.4 is 10.2 Å². The summed E-state index contributed by atoms with van der Waals surface area (Å²) in [4.78, 5) is 7.05. The monoisotopic (exact) mass is 389 g/mol. The number of aromatic nitrogens is 1. The smallest absolute Gasteiger partial charge is 0.0858 e. The molecule has 2 aromatic rings. The molecule has 3 rings (SSSR count). The zero-order valence-electron chi connectivity index (χ0n) is 12.0. The number of nitrogens with one attached hydrogen (secondary N) is 1. The van der Waals surface area contributed by atoms with E-state index in [1.54, 1.807) is 0 Å². The fourth-order valence-corrected chi connectivity index (χ4v) is 3.30. The van der Waals surface area contributed by atoms with Gasteiger partial charge in [0.15, 0.2) is 0 Å². The third kappa shape index (κ3) is 3.00. The molecular weight excluding hydrogens is 373 g/mol. The van der Waals surface area contributed by atoms with Gasteiger partial charge in [-0.05, 0) is 31.5 Å². The molecule has 114 valence electrons. The fourth-order valence-electron chi connectivity index (χ4n) is 2.71. The Balaban J connectivity index is 0.00000161. The fraction of sp³-hybridized carbons (Fsp3) is 0.400. The van der Waals surface area contributed by atoms with Gasteiger partial charge in [0, 0.05) is 36.0 Å². The Bertz CT molecular complexity index is 670. The molecule has 0 radical (unpaired) electrons. The number of benzene rings is 1.